The third-order valence-corrected chi connectivity index (χ3v) is 9.08. The number of rotatable bonds is 8. The zero-order valence-electron chi connectivity index (χ0n) is 25.0. The first-order valence-electron chi connectivity index (χ1n) is 14.8. The topological polar surface area (TPSA) is 128 Å². The predicted molar refractivity (Wildman–Crippen MR) is 159 cm³/mol. The number of carboxylic acid groups (broad SMARTS) is 1. The molecule has 2 N–H and O–H groups in total. The average molecular weight is 649 g/mol. The molecule has 1 aromatic heterocycles. The lowest BCUT2D eigenvalue weighted by atomic mass is 9.94. The van der Waals surface area contributed by atoms with Crippen molar-refractivity contribution < 1.29 is 37.4 Å². The lowest BCUT2D eigenvalue weighted by Gasteiger charge is -2.43. The van der Waals surface area contributed by atoms with Gasteiger partial charge >= 0.3 is 18.0 Å². The van der Waals surface area contributed by atoms with E-state index in [1.165, 1.54) is 11.3 Å². The number of hydrogen-bond donors (Lipinski definition) is 2. The van der Waals surface area contributed by atoms with Gasteiger partial charge in [0, 0.05) is 74.6 Å². The maximum Gasteiger partial charge on any atom is 0.338 e. The summed E-state index contributed by atoms with van der Waals surface area (Å²) in [5.41, 5.74) is 0.00800. The van der Waals surface area contributed by atoms with Gasteiger partial charge in [-0.3, -0.25) is 14.7 Å². The number of benzene rings is 1. The van der Waals surface area contributed by atoms with Crippen molar-refractivity contribution in [2.75, 3.05) is 45.9 Å². The number of halogens is 3. The van der Waals surface area contributed by atoms with Crippen LogP contribution in [0.15, 0.2) is 40.0 Å². The van der Waals surface area contributed by atoms with Crippen LogP contribution in [0.2, 0.25) is 0 Å². The van der Waals surface area contributed by atoms with Gasteiger partial charge in [-0.05, 0) is 38.7 Å². The summed E-state index contributed by atoms with van der Waals surface area (Å²) in [6, 6.07) is 0.248. The number of hydrogen-bond acceptors (Lipinski definition) is 9. The highest BCUT2D eigenvalue weighted by Gasteiger charge is 2.38. The first kappa shape index (κ1) is 32.4. The third kappa shape index (κ3) is 7.14. The molecule has 2 amide bonds. The fourth-order valence-corrected chi connectivity index (χ4v) is 6.62. The Hall–Kier alpha value is -3.98. The van der Waals surface area contributed by atoms with E-state index in [2.05, 4.69) is 15.3 Å². The highest BCUT2D eigenvalue weighted by molar-refractivity contribution is 7.11. The number of ether oxygens (including phenoxy) is 1. The van der Waals surface area contributed by atoms with Crippen molar-refractivity contribution in [3.8, 4) is 0 Å². The van der Waals surface area contributed by atoms with E-state index in [0.29, 0.717) is 56.3 Å². The van der Waals surface area contributed by atoms with E-state index in [1.54, 1.807) is 28.3 Å². The molecule has 2 fully saturated rings. The first-order valence-corrected chi connectivity index (χ1v) is 15.7. The van der Waals surface area contributed by atoms with Crippen molar-refractivity contribution >= 4 is 35.1 Å². The minimum absolute atomic E-state index is 0.0248. The molecule has 2 unspecified atom stereocenters. The van der Waals surface area contributed by atoms with Crippen LogP contribution < -0.4 is 5.32 Å². The largest absolute Gasteiger partial charge is 0.481 e. The summed E-state index contributed by atoms with van der Waals surface area (Å²) in [4.78, 5) is 52.2. The first-order chi connectivity index (χ1) is 21.6. The summed E-state index contributed by atoms with van der Waals surface area (Å²) in [5.74, 6) is -5.76. The number of thiazole rings is 1. The summed E-state index contributed by atoms with van der Waals surface area (Å²) in [6.07, 6.45) is 2.96. The van der Waals surface area contributed by atoms with Crippen LogP contribution in [-0.4, -0.2) is 101 Å². The van der Waals surface area contributed by atoms with Gasteiger partial charge in [0.25, 0.3) is 0 Å². The second-order valence-electron chi connectivity index (χ2n) is 11.3. The Kier molecular flexibility index (Phi) is 10.1. The van der Waals surface area contributed by atoms with Crippen LogP contribution in [0.1, 0.15) is 49.7 Å². The van der Waals surface area contributed by atoms with E-state index in [0.717, 1.165) is 12.1 Å². The Labute approximate surface area is 262 Å². The summed E-state index contributed by atoms with van der Waals surface area (Å²) < 4.78 is 48.7. The Morgan fingerprint density at radius 3 is 2.51 bits per heavy atom. The molecular formula is C30H35F3N6O5S. The average Bonchev–Trinajstić information content (AvgIpc) is 3.55. The minimum Gasteiger partial charge on any atom is -0.481 e. The van der Waals surface area contributed by atoms with Crippen molar-refractivity contribution in [1.29, 1.82) is 0 Å². The molecule has 0 aliphatic carbocycles. The fraction of sp³-hybridized carbons (Fsp3) is 0.500. The molecule has 0 saturated carbocycles. The SMILES string of the molecule is CCOC(=O)C1=C(CN2CCN(C(=O)N3CCC(CC(=O)O)CC3)C(C)C2)NC(c2nccs2)=NC1c1ccc(F)c(F)c1F. The van der Waals surface area contributed by atoms with Gasteiger partial charge in [0.2, 0.25) is 0 Å². The van der Waals surface area contributed by atoms with Crippen LogP contribution in [0.4, 0.5) is 18.0 Å². The molecule has 11 nitrogen and oxygen atoms in total. The highest BCUT2D eigenvalue weighted by atomic mass is 32.1. The molecule has 5 rings (SSSR count). The molecule has 4 heterocycles. The van der Waals surface area contributed by atoms with E-state index >= 15 is 4.39 Å². The Bertz CT molecular complexity index is 1490. The van der Waals surface area contributed by atoms with Crippen molar-refractivity contribution in [2.45, 2.75) is 45.2 Å². The smallest absolute Gasteiger partial charge is 0.338 e. The molecule has 0 radical (unpaired) electrons. The number of urea groups is 1. The fourth-order valence-electron chi connectivity index (χ4n) is 6.04. The highest BCUT2D eigenvalue weighted by Crippen LogP contribution is 2.36. The number of piperazine rings is 1. The van der Waals surface area contributed by atoms with Crippen LogP contribution in [0, 0.1) is 23.4 Å². The van der Waals surface area contributed by atoms with Gasteiger partial charge in [0.05, 0.1) is 12.2 Å². The number of aromatic nitrogens is 1. The summed E-state index contributed by atoms with van der Waals surface area (Å²) in [5, 5.41) is 14.4. The molecule has 242 valence electrons. The number of aliphatic imine (C=N–C) groups is 1. The van der Waals surface area contributed by atoms with Gasteiger partial charge in [0.1, 0.15) is 6.04 Å². The van der Waals surface area contributed by atoms with Gasteiger partial charge in [0.15, 0.2) is 28.3 Å². The lowest BCUT2D eigenvalue weighted by Crippen LogP contribution is -2.58. The molecule has 2 saturated heterocycles. The summed E-state index contributed by atoms with van der Waals surface area (Å²) in [6.45, 7) is 6.08. The Balaban J connectivity index is 1.38. The zero-order chi connectivity index (χ0) is 32.2. The van der Waals surface area contributed by atoms with Gasteiger partial charge < -0.3 is 25.0 Å². The van der Waals surface area contributed by atoms with Gasteiger partial charge in [-0.15, -0.1) is 11.3 Å². The number of likely N-dealkylation sites (tertiary alicyclic amines) is 1. The predicted octanol–water partition coefficient (Wildman–Crippen LogP) is 3.78. The summed E-state index contributed by atoms with van der Waals surface area (Å²) in [7, 11) is 0. The van der Waals surface area contributed by atoms with Crippen molar-refractivity contribution in [3.05, 3.63) is 63.0 Å². The normalized spacial score (nSPS) is 21.4. The van der Waals surface area contributed by atoms with Gasteiger partial charge in [-0.25, -0.2) is 27.7 Å². The van der Waals surface area contributed by atoms with E-state index in [1.807, 2.05) is 11.8 Å². The summed E-state index contributed by atoms with van der Waals surface area (Å²) >= 11 is 1.26. The molecule has 3 aliphatic heterocycles. The van der Waals surface area contributed by atoms with Gasteiger partial charge in [-0.2, -0.15) is 0 Å². The van der Waals surface area contributed by atoms with Gasteiger partial charge in [-0.1, -0.05) is 6.07 Å². The van der Waals surface area contributed by atoms with E-state index in [4.69, 9.17) is 9.84 Å². The quantitative estimate of drug-likeness (QED) is 0.327. The molecule has 2 atom stereocenters. The lowest BCUT2D eigenvalue weighted by molar-refractivity contribution is -0.139. The number of nitrogens with one attached hydrogen (secondary N) is 1. The van der Waals surface area contributed by atoms with Crippen molar-refractivity contribution in [2.24, 2.45) is 10.9 Å². The van der Waals surface area contributed by atoms with Crippen LogP contribution in [-0.2, 0) is 14.3 Å². The number of piperidine rings is 1. The van der Waals surface area contributed by atoms with E-state index < -0.39 is 35.4 Å². The van der Waals surface area contributed by atoms with E-state index in [9.17, 15) is 23.2 Å². The van der Waals surface area contributed by atoms with Crippen LogP contribution in [0.3, 0.4) is 0 Å². The molecule has 2 aromatic rings. The number of amides is 2. The molecule has 1 aromatic carbocycles. The van der Waals surface area contributed by atoms with Crippen molar-refractivity contribution in [1.82, 2.24) is 25.0 Å². The molecule has 15 heteroatoms. The second-order valence-corrected chi connectivity index (χ2v) is 12.2. The monoisotopic (exact) mass is 648 g/mol. The van der Waals surface area contributed by atoms with Crippen LogP contribution in [0.25, 0.3) is 0 Å². The molecular weight excluding hydrogens is 613 g/mol. The third-order valence-electron chi connectivity index (χ3n) is 8.30. The van der Waals surface area contributed by atoms with Crippen LogP contribution >= 0.6 is 11.3 Å². The maximum atomic E-state index is 15.2. The Morgan fingerprint density at radius 2 is 1.87 bits per heavy atom. The number of nitrogens with zero attached hydrogens (tertiary/aromatic N) is 5. The number of amidine groups is 1. The van der Waals surface area contributed by atoms with Crippen LogP contribution in [0.5, 0.6) is 0 Å². The molecule has 45 heavy (non-hydrogen) atoms. The number of carbonyl (C=O) groups excluding carboxylic acids is 2. The number of esters is 1. The van der Waals surface area contributed by atoms with E-state index in [-0.39, 0.29) is 54.5 Å². The maximum absolute atomic E-state index is 15.2. The molecule has 0 bridgehead atoms. The number of carbonyl (C=O) groups is 3. The number of aliphatic carboxylic acids is 1. The molecule has 0 spiro atoms. The molecule has 3 aliphatic rings. The minimum atomic E-state index is -1.66. The van der Waals surface area contributed by atoms with Crippen molar-refractivity contribution in [3.63, 3.8) is 0 Å². The second kappa shape index (κ2) is 14.0. The Morgan fingerprint density at radius 1 is 1.11 bits per heavy atom. The zero-order valence-corrected chi connectivity index (χ0v) is 25.8. The number of carboxylic acids is 1. The standard InChI is InChI=1S/C30H35F3N6O5S/c1-3-44-29(42)23-21(35-27(28-34-8-13-45-28)36-26(23)19-4-5-20(31)25(33)24(19)32)16-37-11-12-39(17(2)15-37)30(43)38-9-6-18(7-10-38)14-22(40)41/h4-5,8,13,17-18,26H,3,6-7,9-12,14-16H2,1-2H3,(H,35,36)(H,40,41).